The van der Waals surface area contributed by atoms with Crippen LogP contribution < -0.4 is 4.87 Å². The molecule has 0 spiro atoms. The minimum Gasteiger partial charge on any atom is -0.477 e. The quantitative estimate of drug-likeness (QED) is 0.829. The first-order valence-electron chi connectivity index (χ1n) is 5.79. The zero-order valence-electron chi connectivity index (χ0n) is 10.4. The van der Waals surface area contributed by atoms with E-state index in [9.17, 15) is 14.4 Å². The SMILES string of the molecule is Cc1c(C(=O)O)sc(=O)n1CC(=O)N1CCOCC1. The Balaban J connectivity index is 2.17. The first-order chi connectivity index (χ1) is 9.00. The van der Waals surface area contributed by atoms with Gasteiger partial charge in [-0.3, -0.25) is 14.2 Å². The maximum absolute atomic E-state index is 12.0. The first kappa shape index (κ1) is 13.8. The third-order valence-electron chi connectivity index (χ3n) is 2.99. The molecule has 0 unspecified atom stereocenters. The van der Waals surface area contributed by atoms with Gasteiger partial charge in [0.25, 0.3) is 0 Å². The molecule has 0 radical (unpaired) electrons. The number of morpholine rings is 1. The summed E-state index contributed by atoms with van der Waals surface area (Å²) in [6.45, 7) is 3.40. The van der Waals surface area contributed by atoms with Gasteiger partial charge in [0.1, 0.15) is 11.4 Å². The van der Waals surface area contributed by atoms with Crippen molar-refractivity contribution in [3.63, 3.8) is 0 Å². The summed E-state index contributed by atoms with van der Waals surface area (Å²) in [7, 11) is 0. The van der Waals surface area contributed by atoms with Crippen LogP contribution in [0.3, 0.4) is 0 Å². The van der Waals surface area contributed by atoms with Gasteiger partial charge in [-0.2, -0.15) is 0 Å². The zero-order chi connectivity index (χ0) is 14.0. The standard InChI is InChI=1S/C11H14N2O5S/c1-7-9(10(15)16)19-11(17)13(7)6-8(14)12-2-4-18-5-3-12/h2-6H2,1H3,(H,15,16). The van der Waals surface area contributed by atoms with E-state index in [0.29, 0.717) is 43.3 Å². The molecule has 0 atom stereocenters. The van der Waals surface area contributed by atoms with Crippen LogP contribution in [-0.2, 0) is 16.1 Å². The lowest BCUT2D eigenvalue weighted by Gasteiger charge is -2.27. The molecule has 1 aliphatic rings. The molecule has 1 aromatic rings. The molecule has 2 rings (SSSR count). The van der Waals surface area contributed by atoms with E-state index in [4.69, 9.17) is 9.84 Å². The molecule has 1 aromatic heterocycles. The minimum absolute atomic E-state index is 0.0141. The highest BCUT2D eigenvalue weighted by Crippen LogP contribution is 2.12. The molecule has 1 aliphatic heterocycles. The predicted octanol–water partition coefficient (Wildman–Crippen LogP) is -0.225. The number of hydrogen-bond acceptors (Lipinski definition) is 5. The smallest absolute Gasteiger partial charge is 0.347 e. The normalized spacial score (nSPS) is 15.5. The van der Waals surface area contributed by atoms with E-state index in [1.54, 1.807) is 4.90 Å². The van der Waals surface area contributed by atoms with Crippen LogP contribution in [0.4, 0.5) is 0 Å². The van der Waals surface area contributed by atoms with Gasteiger partial charge in [-0.1, -0.05) is 11.3 Å². The second-order valence-electron chi connectivity index (χ2n) is 4.17. The van der Waals surface area contributed by atoms with Crippen molar-refractivity contribution >= 4 is 23.2 Å². The lowest BCUT2D eigenvalue weighted by atomic mass is 10.3. The summed E-state index contributed by atoms with van der Waals surface area (Å²) in [6.07, 6.45) is 0. The highest BCUT2D eigenvalue weighted by atomic mass is 32.1. The Morgan fingerprint density at radius 3 is 2.53 bits per heavy atom. The third kappa shape index (κ3) is 2.85. The van der Waals surface area contributed by atoms with E-state index < -0.39 is 10.8 Å². The molecule has 8 heteroatoms. The maximum atomic E-state index is 12.0. The number of carbonyl (C=O) groups is 2. The summed E-state index contributed by atoms with van der Waals surface area (Å²) < 4.78 is 6.36. The summed E-state index contributed by atoms with van der Waals surface area (Å²) >= 11 is 0.650. The van der Waals surface area contributed by atoms with Gasteiger partial charge in [0.15, 0.2) is 0 Å². The number of aromatic nitrogens is 1. The highest BCUT2D eigenvalue weighted by molar-refractivity contribution is 7.11. The van der Waals surface area contributed by atoms with Gasteiger partial charge >= 0.3 is 10.8 Å². The molecular formula is C11H14N2O5S. The van der Waals surface area contributed by atoms with Crippen LogP contribution in [0.2, 0.25) is 0 Å². The summed E-state index contributed by atoms with van der Waals surface area (Å²) in [5, 5.41) is 8.93. The molecule has 1 fully saturated rings. The second kappa shape index (κ2) is 5.54. The number of thiazole rings is 1. The number of rotatable bonds is 3. The van der Waals surface area contributed by atoms with Crippen molar-refractivity contribution in [3.05, 3.63) is 20.2 Å². The molecule has 1 amide bonds. The van der Waals surface area contributed by atoms with Crippen LogP contribution in [-0.4, -0.2) is 52.8 Å². The van der Waals surface area contributed by atoms with Gasteiger partial charge in [0.05, 0.1) is 13.2 Å². The molecule has 2 heterocycles. The Kier molecular flexibility index (Phi) is 4.01. The van der Waals surface area contributed by atoms with E-state index >= 15 is 0 Å². The lowest BCUT2D eigenvalue weighted by Crippen LogP contribution is -2.43. The van der Waals surface area contributed by atoms with Crippen LogP contribution in [0.25, 0.3) is 0 Å². The van der Waals surface area contributed by atoms with Gasteiger partial charge in [-0.15, -0.1) is 0 Å². The van der Waals surface area contributed by atoms with Gasteiger partial charge in [-0.05, 0) is 6.92 Å². The number of ether oxygens (including phenoxy) is 1. The first-order valence-corrected chi connectivity index (χ1v) is 6.61. The van der Waals surface area contributed by atoms with E-state index in [2.05, 4.69) is 0 Å². The van der Waals surface area contributed by atoms with Crippen molar-refractivity contribution in [3.8, 4) is 0 Å². The van der Waals surface area contributed by atoms with Crippen LogP contribution >= 0.6 is 11.3 Å². The molecule has 0 aliphatic carbocycles. The molecular weight excluding hydrogens is 272 g/mol. The average molecular weight is 286 g/mol. The van der Waals surface area contributed by atoms with Crippen molar-refractivity contribution in [1.29, 1.82) is 0 Å². The van der Waals surface area contributed by atoms with Gasteiger partial charge in [0.2, 0.25) is 5.91 Å². The van der Waals surface area contributed by atoms with Crippen LogP contribution in [0.1, 0.15) is 15.4 Å². The Morgan fingerprint density at radius 1 is 1.37 bits per heavy atom. The lowest BCUT2D eigenvalue weighted by molar-refractivity contribution is -0.135. The molecule has 19 heavy (non-hydrogen) atoms. The molecule has 0 aromatic carbocycles. The number of amides is 1. The molecule has 1 N–H and O–H groups in total. The number of carboxylic acids is 1. The minimum atomic E-state index is -1.14. The van der Waals surface area contributed by atoms with E-state index in [-0.39, 0.29) is 17.3 Å². The fraction of sp³-hybridized carbons (Fsp3) is 0.545. The van der Waals surface area contributed by atoms with Crippen molar-refractivity contribution in [2.75, 3.05) is 26.3 Å². The number of nitrogens with zero attached hydrogens (tertiary/aromatic N) is 2. The Labute approximate surface area is 113 Å². The van der Waals surface area contributed by atoms with E-state index in [1.807, 2.05) is 0 Å². The third-order valence-corrected chi connectivity index (χ3v) is 4.06. The van der Waals surface area contributed by atoms with Crippen molar-refractivity contribution < 1.29 is 19.4 Å². The van der Waals surface area contributed by atoms with Crippen LogP contribution in [0.5, 0.6) is 0 Å². The van der Waals surface area contributed by atoms with E-state index in [1.165, 1.54) is 11.5 Å². The molecule has 0 saturated carbocycles. The molecule has 1 saturated heterocycles. The Bertz CT molecular complexity index is 556. The number of aromatic carboxylic acids is 1. The second-order valence-corrected chi connectivity index (χ2v) is 5.13. The summed E-state index contributed by atoms with van der Waals surface area (Å²) in [5.41, 5.74) is 0.323. The summed E-state index contributed by atoms with van der Waals surface area (Å²) in [6, 6.07) is 0. The summed E-state index contributed by atoms with van der Waals surface area (Å²) in [4.78, 5) is 35.8. The maximum Gasteiger partial charge on any atom is 0.347 e. The molecule has 7 nitrogen and oxygen atoms in total. The average Bonchev–Trinajstić information content (AvgIpc) is 2.68. The van der Waals surface area contributed by atoms with Crippen LogP contribution in [0.15, 0.2) is 4.79 Å². The highest BCUT2D eigenvalue weighted by Gasteiger charge is 2.22. The predicted molar refractivity (Wildman–Crippen MR) is 67.7 cm³/mol. The number of carboxylic acid groups (broad SMARTS) is 1. The van der Waals surface area contributed by atoms with Gasteiger partial charge in [-0.25, -0.2) is 4.79 Å². The fourth-order valence-electron chi connectivity index (χ4n) is 1.91. The summed E-state index contributed by atoms with van der Waals surface area (Å²) in [5.74, 6) is -1.33. The molecule has 0 bridgehead atoms. The molecule has 104 valence electrons. The topological polar surface area (TPSA) is 88.8 Å². The Hall–Kier alpha value is -1.67. The van der Waals surface area contributed by atoms with Gasteiger partial charge < -0.3 is 14.7 Å². The monoisotopic (exact) mass is 286 g/mol. The Morgan fingerprint density at radius 2 is 2.00 bits per heavy atom. The van der Waals surface area contributed by atoms with Crippen molar-refractivity contribution in [2.45, 2.75) is 13.5 Å². The number of hydrogen-bond donors (Lipinski definition) is 1. The largest absolute Gasteiger partial charge is 0.477 e. The van der Waals surface area contributed by atoms with E-state index in [0.717, 1.165) is 0 Å². The van der Waals surface area contributed by atoms with Crippen LogP contribution in [0, 0.1) is 6.92 Å². The van der Waals surface area contributed by atoms with Gasteiger partial charge in [0, 0.05) is 18.8 Å². The van der Waals surface area contributed by atoms with Crippen molar-refractivity contribution in [1.82, 2.24) is 9.47 Å². The zero-order valence-corrected chi connectivity index (χ0v) is 11.2. The fourth-order valence-corrected chi connectivity index (χ4v) is 2.74. The van der Waals surface area contributed by atoms with Crippen molar-refractivity contribution in [2.24, 2.45) is 0 Å². The number of carbonyl (C=O) groups excluding carboxylic acids is 1.